The smallest absolute Gasteiger partial charge is 0.320 e. The van der Waals surface area contributed by atoms with Gasteiger partial charge in [0.2, 0.25) is 0 Å². The Morgan fingerprint density at radius 2 is 2.18 bits per heavy atom. The molecule has 1 fully saturated rings. The number of carboxylic acids is 1. The minimum Gasteiger partial charge on any atom is -0.480 e. The summed E-state index contributed by atoms with van der Waals surface area (Å²) in [5, 5.41) is 9.49. The van der Waals surface area contributed by atoms with E-state index >= 15 is 0 Å². The molecule has 22 heavy (non-hydrogen) atoms. The zero-order valence-corrected chi connectivity index (χ0v) is 12.6. The van der Waals surface area contributed by atoms with Gasteiger partial charge in [-0.25, -0.2) is 13.8 Å². The Balaban J connectivity index is 2.27. The van der Waals surface area contributed by atoms with Gasteiger partial charge in [0.1, 0.15) is 22.8 Å². The second kappa shape index (κ2) is 4.34. The first kappa shape index (κ1) is 15.1. The van der Waals surface area contributed by atoms with Crippen LogP contribution in [-0.4, -0.2) is 27.7 Å². The van der Waals surface area contributed by atoms with Gasteiger partial charge in [-0.05, 0) is 24.6 Å². The Hall–Kier alpha value is -1.83. The molecule has 5 N–H and O–H groups in total. The summed E-state index contributed by atoms with van der Waals surface area (Å²) >= 11 is 0.900. The summed E-state index contributed by atoms with van der Waals surface area (Å²) in [4.78, 5) is 15.8. The Bertz CT molecular complexity index is 713. The van der Waals surface area contributed by atoms with Crippen LogP contribution >= 0.6 is 11.8 Å². The molecule has 0 aromatic heterocycles. The van der Waals surface area contributed by atoms with E-state index in [2.05, 4.69) is 4.99 Å². The largest absolute Gasteiger partial charge is 0.480 e. The Morgan fingerprint density at radius 3 is 2.77 bits per heavy atom. The van der Waals surface area contributed by atoms with Crippen LogP contribution in [0.25, 0.3) is 0 Å². The lowest BCUT2D eigenvalue weighted by Gasteiger charge is -2.40. The molecular weight excluding hydrogens is 312 g/mol. The number of hydrogen-bond acceptors (Lipinski definition) is 5. The van der Waals surface area contributed by atoms with Gasteiger partial charge in [0.05, 0.1) is 0 Å². The number of alkyl halides is 1. The van der Waals surface area contributed by atoms with Crippen molar-refractivity contribution in [3.63, 3.8) is 0 Å². The number of fused-ring (bicyclic) bond motifs is 1. The number of benzene rings is 1. The molecule has 0 radical (unpaired) electrons. The third-order valence-electron chi connectivity index (χ3n) is 4.84. The van der Waals surface area contributed by atoms with Crippen LogP contribution in [0.4, 0.5) is 14.5 Å². The number of aliphatic carboxylic acids is 1. The van der Waals surface area contributed by atoms with Crippen LogP contribution < -0.4 is 11.5 Å². The first-order chi connectivity index (χ1) is 10.2. The van der Waals surface area contributed by atoms with Gasteiger partial charge in [-0.3, -0.25) is 4.79 Å². The van der Waals surface area contributed by atoms with Crippen LogP contribution in [0.1, 0.15) is 18.9 Å². The van der Waals surface area contributed by atoms with E-state index in [9.17, 15) is 18.7 Å². The number of halogens is 2. The highest BCUT2D eigenvalue weighted by atomic mass is 32.2. The van der Waals surface area contributed by atoms with Crippen molar-refractivity contribution < 1.29 is 18.7 Å². The van der Waals surface area contributed by atoms with Gasteiger partial charge in [0.25, 0.3) is 0 Å². The Kier molecular flexibility index (Phi) is 2.98. The number of carbonyl (C=O) groups is 1. The standard InChI is InChI=1S/C14H15F2N3O2S/c1-12-5-14(12,10(20)21)22-11(18)19-13(12,6-15)8-4-7(17)2-3-9(8)16/h2-4H,5-6,17H2,1H3,(H2,18,19)(H,20,21)/t12?,13-,14-/m1/s1. The van der Waals surface area contributed by atoms with Gasteiger partial charge in [-0.2, -0.15) is 0 Å². The molecule has 118 valence electrons. The summed E-state index contributed by atoms with van der Waals surface area (Å²) in [6.07, 6.45) is 0.155. The minimum atomic E-state index is -1.68. The Labute approximate surface area is 129 Å². The van der Waals surface area contributed by atoms with Crippen LogP contribution in [0.5, 0.6) is 0 Å². The maximum absolute atomic E-state index is 14.3. The van der Waals surface area contributed by atoms with E-state index in [0.29, 0.717) is 0 Å². The zero-order chi connectivity index (χ0) is 16.3. The summed E-state index contributed by atoms with van der Waals surface area (Å²) in [5.74, 6) is -1.78. The maximum Gasteiger partial charge on any atom is 0.320 e. The van der Waals surface area contributed by atoms with Crippen molar-refractivity contribution in [2.45, 2.75) is 23.6 Å². The van der Waals surface area contributed by atoms with Crippen molar-refractivity contribution >= 4 is 28.6 Å². The monoisotopic (exact) mass is 327 g/mol. The second-order valence-corrected chi connectivity index (χ2v) is 7.25. The quantitative estimate of drug-likeness (QED) is 0.736. The molecule has 0 saturated heterocycles. The number of anilines is 1. The average molecular weight is 327 g/mol. The molecule has 0 bridgehead atoms. The molecule has 0 spiro atoms. The van der Waals surface area contributed by atoms with Crippen molar-refractivity contribution in [2.75, 3.05) is 12.4 Å². The number of hydrogen-bond donors (Lipinski definition) is 3. The number of thioether (sulfide) groups is 1. The van der Waals surface area contributed by atoms with Crippen molar-refractivity contribution in [3.05, 3.63) is 29.6 Å². The number of aliphatic imine (C=N–C) groups is 1. The fourth-order valence-electron chi connectivity index (χ4n) is 3.42. The third-order valence-corrected chi connectivity index (χ3v) is 6.25. The summed E-state index contributed by atoms with van der Waals surface area (Å²) in [5.41, 5.74) is 8.86. The van der Waals surface area contributed by atoms with E-state index < -0.39 is 34.2 Å². The topological polar surface area (TPSA) is 102 Å². The number of carboxylic acid groups (broad SMARTS) is 1. The number of nitrogens with two attached hydrogens (primary N) is 2. The van der Waals surface area contributed by atoms with Gasteiger partial charge in [0, 0.05) is 16.7 Å². The molecular formula is C14H15F2N3O2S. The molecule has 1 aromatic carbocycles. The molecule has 1 saturated carbocycles. The highest BCUT2D eigenvalue weighted by Gasteiger charge is 2.81. The summed E-state index contributed by atoms with van der Waals surface area (Å²) in [6.45, 7) is 0.548. The molecule has 3 atom stereocenters. The predicted octanol–water partition coefficient (Wildman–Crippen LogP) is 1.87. The fraction of sp³-hybridized carbons (Fsp3) is 0.429. The van der Waals surface area contributed by atoms with Crippen LogP contribution in [0, 0.1) is 11.2 Å². The first-order valence-corrected chi connectivity index (χ1v) is 7.43. The van der Waals surface area contributed by atoms with Crippen LogP contribution in [0.3, 0.4) is 0 Å². The number of nitrogen functional groups attached to an aromatic ring is 1. The van der Waals surface area contributed by atoms with Gasteiger partial charge in [0.15, 0.2) is 5.17 Å². The third kappa shape index (κ3) is 1.58. The normalized spacial score (nSPS) is 36.4. The summed E-state index contributed by atoms with van der Waals surface area (Å²) in [7, 11) is 0. The molecule has 3 rings (SSSR count). The van der Waals surface area contributed by atoms with Crippen LogP contribution in [0.15, 0.2) is 23.2 Å². The van der Waals surface area contributed by atoms with Gasteiger partial charge >= 0.3 is 5.97 Å². The van der Waals surface area contributed by atoms with Gasteiger partial charge < -0.3 is 16.6 Å². The van der Waals surface area contributed by atoms with Crippen LogP contribution in [0.2, 0.25) is 0 Å². The lowest BCUT2D eigenvalue weighted by atomic mass is 9.75. The van der Waals surface area contributed by atoms with E-state index in [1.54, 1.807) is 6.92 Å². The van der Waals surface area contributed by atoms with Gasteiger partial charge in [-0.15, -0.1) is 0 Å². The van der Waals surface area contributed by atoms with Crippen molar-refractivity contribution in [3.8, 4) is 0 Å². The average Bonchev–Trinajstić information content (AvgIpc) is 3.08. The number of amidine groups is 1. The van der Waals surface area contributed by atoms with Crippen molar-refractivity contribution in [1.29, 1.82) is 0 Å². The molecule has 2 aliphatic rings. The van der Waals surface area contributed by atoms with E-state index in [-0.39, 0.29) is 22.8 Å². The fourth-order valence-corrected chi connectivity index (χ4v) is 4.82. The lowest BCUT2D eigenvalue weighted by Crippen LogP contribution is -2.48. The summed E-state index contributed by atoms with van der Waals surface area (Å²) in [6, 6.07) is 3.79. The molecule has 1 aromatic rings. The molecule has 8 heteroatoms. The summed E-state index contributed by atoms with van der Waals surface area (Å²) < 4.78 is 27.1. The SMILES string of the molecule is CC12C[C@]1(C(=O)O)SC(N)=N[C@]2(CF)c1cc(N)ccc1F. The highest BCUT2D eigenvalue weighted by molar-refractivity contribution is 8.15. The predicted molar refractivity (Wildman–Crippen MR) is 80.8 cm³/mol. The second-order valence-electron chi connectivity index (χ2n) is 5.93. The zero-order valence-electron chi connectivity index (χ0n) is 11.8. The van der Waals surface area contributed by atoms with E-state index in [1.807, 2.05) is 0 Å². The molecule has 1 heterocycles. The highest BCUT2D eigenvalue weighted by Crippen LogP contribution is 2.75. The van der Waals surface area contributed by atoms with E-state index in [1.165, 1.54) is 12.1 Å². The van der Waals surface area contributed by atoms with Crippen molar-refractivity contribution in [2.24, 2.45) is 16.1 Å². The van der Waals surface area contributed by atoms with E-state index in [4.69, 9.17) is 11.5 Å². The molecule has 1 unspecified atom stereocenters. The number of nitrogens with zero attached hydrogens (tertiary/aromatic N) is 1. The maximum atomic E-state index is 14.3. The molecule has 0 amide bonds. The minimum absolute atomic E-state index is 0.0520. The molecule has 1 aliphatic carbocycles. The Morgan fingerprint density at radius 1 is 1.50 bits per heavy atom. The molecule has 1 aliphatic heterocycles. The number of rotatable bonds is 3. The van der Waals surface area contributed by atoms with Gasteiger partial charge in [-0.1, -0.05) is 18.7 Å². The first-order valence-electron chi connectivity index (χ1n) is 6.62. The van der Waals surface area contributed by atoms with Crippen LogP contribution in [-0.2, 0) is 10.3 Å². The van der Waals surface area contributed by atoms with E-state index in [0.717, 1.165) is 17.8 Å². The van der Waals surface area contributed by atoms with Crippen molar-refractivity contribution in [1.82, 2.24) is 0 Å². The lowest BCUT2D eigenvalue weighted by molar-refractivity contribution is -0.138. The molecule has 5 nitrogen and oxygen atoms in total.